The Balaban J connectivity index is 5.41. The molecular weight excluding hydrogens is 428 g/mol. The largest absolute Gasteiger partial charge is 0.480 e. The quantitative estimate of drug-likeness (QED) is 0.202. The molecule has 0 spiro atoms. The van der Waals surface area contributed by atoms with Crippen molar-refractivity contribution in [2.75, 3.05) is 17.8 Å². The van der Waals surface area contributed by atoms with Crippen molar-refractivity contribution >= 4 is 48.1 Å². The van der Waals surface area contributed by atoms with Crippen molar-refractivity contribution in [3.8, 4) is 0 Å². The third-order valence-corrected chi connectivity index (χ3v) is 5.84. The van der Waals surface area contributed by atoms with Gasteiger partial charge in [-0.1, -0.05) is 34.1 Å². The Morgan fingerprint density at radius 3 is 1.97 bits per heavy atom. The molecular formula is C19H36N4O5S2. The number of thioether (sulfide) groups is 1. The Kier molecular flexibility index (Phi) is 13.8. The smallest absolute Gasteiger partial charge is 0.326 e. The predicted molar refractivity (Wildman–Crippen MR) is 123 cm³/mol. The molecule has 0 aromatic carbocycles. The first-order valence-electron chi connectivity index (χ1n) is 9.99. The summed E-state index contributed by atoms with van der Waals surface area (Å²) in [6.07, 6.45) is 2.71. The molecule has 0 aromatic rings. The van der Waals surface area contributed by atoms with E-state index in [2.05, 4.69) is 28.6 Å². The van der Waals surface area contributed by atoms with Crippen LogP contribution in [0.2, 0.25) is 0 Å². The molecule has 0 fully saturated rings. The fourth-order valence-electron chi connectivity index (χ4n) is 2.58. The van der Waals surface area contributed by atoms with Crippen molar-refractivity contribution in [2.24, 2.45) is 17.6 Å². The molecule has 5 atom stereocenters. The number of carbonyl (C=O) groups excluding carboxylic acids is 3. The summed E-state index contributed by atoms with van der Waals surface area (Å²) < 4.78 is 0. The van der Waals surface area contributed by atoms with Gasteiger partial charge in [0.25, 0.3) is 0 Å². The maximum Gasteiger partial charge on any atom is 0.326 e. The SMILES string of the molecule is CC[C@@H](C)[C@H](NC(=O)[C@@H](NC(=O)[C@@H](N)CS)C(C)C)C(=O)N[C@@H](CCSC)C(=O)O. The summed E-state index contributed by atoms with van der Waals surface area (Å²) in [5, 5.41) is 17.2. The average Bonchev–Trinajstić information content (AvgIpc) is 2.70. The second-order valence-electron chi connectivity index (χ2n) is 7.57. The number of carboxylic acids is 1. The van der Waals surface area contributed by atoms with Gasteiger partial charge in [0.2, 0.25) is 17.7 Å². The Hall–Kier alpha value is -1.46. The second kappa shape index (κ2) is 14.5. The molecule has 0 unspecified atom stereocenters. The molecule has 0 rings (SSSR count). The Morgan fingerprint density at radius 2 is 1.53 bits per heavy atom. The number of amides is 3. The third kappa shape index (κ3) is 9.57. The first-order valence-corrected chi connectivity index (χ1v) is 12.0. The molecule has 0 radical (unpaired) electrons. The summed E-state index contributed by atoms with van der Waals surface area (Å²) >= 11 is 5.47. The molecule has 0 saturated heterocycles. The lowest BCUT2D eigenvalue weighted by molar-refractivity contribution is -0.142. The van der Waals surface area contributed by atoms with E-state index in [1.165, 1.54) is 11.8 Å². The fraction of sp³-hybridized carbons (Fsp3) is 0.789. The van der Waals surface area contributed by atoms with Gasteiger partial charge < -0.3 is 26.8 Å². The van der Waals surface area contributed by atoms with Crippen molar-refractivity contribution in [1.29, 1.82) is 0 Å². The number of nitrogens with one attached hydrogen (secondary N) is 3. The summed E-state index contributed by atoms with van der Waals surface area (Å²) in [7, 11) is 0. The Morgan fingerprint density at radius 1 is 1.00 bits per heavy atom. The van der Waals surface area contributed by atoms with E-state index in [1.807, 2.05) is 13.2 Å². The van der Waals surface area contributed by atoms with Crippen LogP contribution in [0.3, 0.4) is 0 Å². The molecule has 3 amide bonds. The number of rotatable bonds is 14. The van der Waals surface area contributed by atoms with Crippen molar-refractivity contribution < 1.29 is 24.3 Å². The zero-order chi connectivity index (χ0) is 23.4. The lowest BCUT2D eigenvalue weighted by Crippen LogP contribution is -2.60. The third-order valence-electron chi connectivity index (χ3n) is 4.80. The Bertz CT molecular complexity index is 591. The number of carbonyl (C=O) groups is 4. The first-order chi connectivity index (χ1) is 14.0. The van der Waals surface area contributed by atoms with Crippen LogP contribution >= 0.6 is 24.4 Å². The van der Waals surface area contributed by atoms with Crippen LogP contribution in [0, 0.1) is 11.8 Å². The van der Waals surface area contributed by atoms with Crippen LogP contribution in [0.4, 0.5) is 0 Å². The highest BCUT2D eigenvalue weighted by Crippen LogP contribution is 2.11. The van der Waals surface area contributed by atoms with E-state index in [1.54, 1.807) is 20.8 Å². The second-order valence-corrected chi connectivity index (χ2v) is 8.92. The van der Waals surface area contributed by atoms with E-state index >= 15 is 0 Å². The summed E-state index contributed by atoms with van der Waals surface area (Å²) in [4.78, 5) is 49.3. The summed E-state index contributed by atoms with van der Waals surface area (Å²) in [5.74, 6) is -2.52. The summed E-state index contributed by atoms with van der Waals surface area (Å²) in [6, 6.07) is -3.73. The van der Waals surface area contributed by atoms with Crippen LogP contribution in [0.1, 0.15) is 40.5 Å². The van der Waals surface area contributed by atoms with Crippen LogP contribution in [0.5, 0.6) is 0 Å². The number of hydrogen-bond acceptors (Lipinski definition) is 7. The average molecular weight is 465 g/mol. The molecule has 0 aromatic heterocycles. The van der Waals surface area contributed by atoms with Crippen LogP contribution in [0.15, 0.2) is 0 Å². The van der Waals surface area contributed by atoms with Gasteiger partial charge in [-0.25, -0.2) is 4.79 Å². The number of aliphatic carboxylic acids is 1. The van der Waals surface area contributed by atoms with E-state index in [9.17, 15) is 24.3 Å². The molecule has 0 bridgehead atoms. The van der Waals surface area contributed by atoms with Crippen LogP contribution in [-0.2, 0) is 19.2 Å². The standard InChI is InChI=1S/C19H36N4O5S2/c1-6-11(4)15(18(26)21-13(19(27)28)7-8-30-5)23-17(25)14(10(2)3)22-16(24)12(20)9-29/h10-15,29H,6-9,20H2,1-5H3,(H,21,26)(H,22,24)(H,23,25)(H,27,28)/t11-,12+,13+,14+,15+/m1/s1. The lowest BCUT2D eigenvalue weighted by atomic mass is 9.96. The molecule has 174 valence electrons. The molecule has 0 aliphatic rings. The molecule has 0 heterocycles. The van der Waals surface area contributed by atoms with Gasteiger partial charge in [-0.15, -0.1) is 0 Å². The zero-order valence-electron chi connectivity index (χ0n) is 18.3. The van der Waals surface area contributed by atoms with Gasteiger partial charge in [-0.05, 0) is 30.3 Å². The monoisotopic (exact) mass is 464 g/mol. The van der Waals surface area contributed by atoms with Gasteiger partial charge in [-0.3, -0.25) is 14.4 Å². The highest BCUT2D eigenvalue weighted by molar-refractivity contribution is 7.98. The minimum Gasteiger partial charge on any atom is -0.480 e. The van der Waals surface area contributed by atoms with Gasteiger partial charge in [0.1, 0.15) is 18.1 Å². The van der Waals surface area contributed by atoms with E-state index < -0.39 is 47.9 Å². The summed E-state index contributed by atoms with van der Waals surface area (Å²) in [5.41, 5.74) is 5.67. The molecule has 0 aliphatic heterocycles. The van der Waals surface area contributed by atoms with E-state index in [0.29, 0.717) is 12.2 Å². The number of carboxylic acid groups (broad SMARTS) is 1. The van der Waals surface area contributed by atoms with Crippen molar-refractivity contribution in [3.63, 3.8) is 0 Å². The molecule has 11 heteroatoms. The highest BCUT2D eigenvalue weighted by atomic mass is 32.2. The van der Waals surface area contributed by atoms with Crippen LogP contribution in [-0.4, -0.2) is 70.7 Å². The molecule has 9 nitrogen and oxygen atoms in total. The molecule has 0 aliphatic carbocycles. The minimum atomic E-state index is -1.13. The predicted octanol–water partition coefficient (Wildman–Crippen LogP) is 0.238. The number of hydrogen-bond donors (Lipinski definition) is 6. The molecule has 30 heavy (non-hydrogen) atoms. The van der Waals surface area contributed by atoms with Crippen molar-refractivity contribution in [1.82, 2.24) is 16.0 Å². The normalized spacial score (nSPS) is 16.1. The molecule has 0 saturated carbocycles. The molecule has 6 N–H and O–H groups in total. The van der Waals surface area contributed by atoms with Gasteiger partial charge >= 0.3 is 5.97 Å². The van der Waals surface area contributed by atoms with Gasteiger partial charge in [0, 0.05) is 5.75 Å². The summed E-state index contributed by atoms with van der Waals surface area (Å²) in [6.45, 7) is 7.19. The van der Waals surface area contributed by atoms with Gasteiger partial charge in [0.15, 0.2) is 0 Å². The topological polar surface area (TPSA) is 151 Å². The maximum absolute atomic E-state index is 12.9. The number of thiol groups is 1. The number of nitrogens with two attached hydrogens (primary N) is 1. The van der Waals surface area contributed by atoms with Crippen molar-refractivity contribution in [2.45, 2.75) is 64.7 Å². The Labute approximate surface area is 188 Å². The van der Waals surface area contributed by atoms with Gasteiger partial charge in [0.05, 0.1) is 6.04 Å². The van der Waals surface area contributed by atoms with Crippen molar-refractivity contribution in [3.05, 3.63) is 0 Å². The first kappa shape index (κ1) is 28.5. The minimum absolute atomic E-state index is 0.128. The highest BCUT2D eigenvalue weighted by Gasteiger charge is 2.33. The fourth-order valence-corrected chi connectivity index (χ4v) is 3.21. The van der Waals surface area contributed by atoms with Gasteiger partial charge in [-0.2, -0.15) is 24.4 Å². The van der Waals surface area contributed by atoms with Crippen LogP contribution < -0.4 is 21.7 Å². The zero-order valence-corrected chi connectivity index (χ0v) is 20.0. The van der Waals surface area contributed by atoms with E-state index in [4.69, 9.17) is 5.73 Å². The lowest BCUT2D eigenvalue weighted by Gasteiger charge is -2.29. The maximum atomic E-state index is 12.9. The van der Waals surface area contributed by atoms with E-state index in [0.717, 1.165) is 0 Å². The van der Waals surface area contributed by atoms with Crippen LogP contribution in [0.25, 0.3) is 0 Å². The van der Waals surface area contributed by atoms with E-state index in [-0.39, 0.29) is 24.0 Å².